The molecule has 3 nitrogen and oxygen atoms in total. The van der Waals surface area contributed by atoms with Gasteiger partial charge in [0.05, 0.1) is 6.54 Å². The Bertz CT molecular complexity index is 385. The van der Waals surface area contributed by atoms with Crippen LogP contribution in [0.5, 0.6) is 0 Å². The summed E-state index contributed by atoms with van der Waals surface area (Å²) in [6.45, 7) is 6.46. The molecule has 0 amide bonds. The molecule has 0 atom stereocenters. The van der Waals surface area contributed by atoms with Crippen LogP contribution in [0.1, 0.15) is 26.3 Å². The Morgan fingerprint density at radius 2 is 2.12 bits per heavy atom. The molecule has 0 saturated heterocycles. The summed E-state index contributed by atoms with van der Waals surface area (Å²) < 4.78 is 5.12. The number of hydrogen-bond acceptors (Lipinski definition) is 3. The summed E-state index contributed by atoms with van der Waals surface area (Å²) in [7, 11) is 0. The Labute approximate surface area is 107 Å². The highest BCUT2D eigenvalue weighted by molar-refractivity contribution is 6.30. The highest BCUT2D eigenvalue weighted by atomic mass is 35.5. The SMILES string of the molecule is CC(C)(C)NCC(=O)OCc1cccc(Cl)c1. The Balaban J connectivity index is 2.33. The van der Waals surface area contributed by atoms with Gasteiger partial charge in [-0.05, 0) is 38.5 Å². The molecule has 0 radical (unpaired) electrons. The van der Waals surface area contributed by atoms with Gasteiger partial charge in [0, 0.05) is 10.6 Å². The molecule has 0 aliphatic carbocycles. The van der Waals surface area contributed by atoms with Crippen LogP contribution >= 0.6 is 11.6 Å². The lowest BCUT2D eigenvalue weighted by molar-refractivity contribution is -0.144. The topological polar surface area (TPSA) is 38.3 Å². The number of carbonyl (C=O) groups is 1. The molecule has 94 valence electrons. The van der Waals surface area contributed by atoms with Crippen LogP contribution in [0.2, 0.25) is 5.02 Å². The third-order valence-electron chi connectivity index (χ3n) is 2.05. The molecular formula is C13H18ClNO2. The van der Waals surface area contributed by atoms with Crippen LogP contribution in [-0.2, 0) is 16.1 Å². The summed E-state index contributed by atoms with van der Waals surface area (Å²) in [6, 6.07) is 7.27. The normalized spacial score (nSPS) is 11.3. The molecule has 4 heteroatoms. The fourth-order valence-electron chi connectivity index (χ4n) is 1.18. The number of hydrogen-bond donors (Lipinski definition) is 1. The van der Waals surface area contributed by atoms with Crippen molar-refractivity contribution in [3.8, 4) is 0 Å². The summed E-state index contributed by atoms with van der Waals surface area (Å²) in [6.07, 6.45) is 0. The fraction of sp³-hybridized carbons (Fsp3) is 0.462. The minimum Gasteiger partial charge on any atom is -0.460 e. The summed E-state index contributed by atoms with van der Waals surface area (Å²) in [4.78, 5) is 11.4. The molecule has 0 heterocycles. The second-order valence-corrected chi connectivity index (χ2v) is 5.33. The van der Waals surface area contributed by atoms with E-state index in [2.05, 4.69) is 5.32 Å². The molecule has 1 rings (SSSR count). The van der Waals surface area contributed by atoms with Gasteiger partial charge in [-0.2, -0.15) is 0 Å². The molecule has 0 saturated carbocycles. The second-order valence-electron chi connectivity index (χ2n) is 4.89. The highest BCUT2D eigenvalue weighted by Gasteiger charge is 2.11. The predicted octanol–water partition coefficient (Wildman–Crippen LogP) is 2.77. The zero-order chi connectivity index (χ0) is 12.9. The maximum absolute atomic E-state index is 11.4. The molecule has 1 aromatic rings. The average Bonchev–Trinajstić information content (AvgIpc) is 2.23. The van der Waals surface area contributed by atoms with Crippen LogP contribution in [0.25, 0.3) is 0 Å². The van der Waals surface area contributed by atoms with Gasteiger partial charge in [-0.15, -0.1) is 0 Å². The average molecular weight is 256 g/mol. The number of nitrogens with one attached hydrogen (secondary N) is 1. The Hall–Kier alpha value is -1.06. The maximum Gasteiger partial charge on any atom is 0.320 e. The summed E-state index contributed by atoms with van der Waals surface area (Å²) in [5.74, 6) is -0.264. The van der Waals surface area contributed by atoms with E-state index in [0.29, 0.717) is 5.02 Å². The van der Waals surface area contributed by atoms with E-state index in [1.54, 1.807) is 12.1 Å². The zero-order valence-electron chi connectivity index (χ0n) is 10.4. The quantitative estimate of drug-likeness (QED) is 0.841. The van der Waals surface area contributed by atoms with E-state index in [1.807, 2.05) is 32.9 Å². The van der Waals surface area contributed by atoms with E-state index in [1.165, 1.54) is 0 Å². The van der Waals surface area contributed by atoms with Crippen molar-refractivity contribution in [2.24, 2.45) is 0 Å². The lowest BCUT2D eigenvalue weighted by Crippen LogP contribution is -2.39. The van der Waals surface area contributed by atoms with Gasteiger partial charge in [-0.3, -0.25) is 4.79 Å². The molecule has 0 spiro atoms. The minimum absolute atomic E-state index is 0.0882. The molecular weight excluding hydrogens is 238 g/mol. The van der Waals surface area contributed by atoms with Crippen LogP contribution in [0, 0.1) is 0 Å². The van der Waals surface area contributed by atoms with Crippen LogP contribution in [0.4, 0.5) is 0 Å². The molecule has 0 fully saturated rings. The van der Waals surface area contributed by atoms with Gasteiger partial charge >= 0.3 is 5.97 Å². The molecule has 0 unspecified atom stereocenters. The summed E-state index contributed by atoms with van der Waals surface area (Å²) in [5.41, 5.74) is 0.802. The van der Waals surface area contributed by atoms with Crippen LogP contribution < -0.4 is 5.32 Å². The lowest BCUT2D eigenvalue weighted by Gasteiger charge is -2.19. The van der Waals surface area contributed by atoms with Crippen molar-refractivity contribution in [2.45, 2.75) is 32.9 Å². The largest absolute Gasteiger partial charge is 0.460 e. The maximum atomic E-state index is 11.4. The van der Waals surface area contributed by atoms with Gasteiger partial charge in [-0.25, -0.2) is 0 Å². The molecule has 1 N–H and O–H groups in total. The number of esters is 1. The van der Waals surface area contributed by atoms with Crippen molar-refractivity contribution >= 4 is 17.6 Å². The van der Waals surface area contributed by atoms with Crippen molar-refractivity contribution in [1.82, 2.24) is 5.32 Å². The van der Waals surface area contributed by atoms with E-state index in [-0.39, 0.29) is 24.7 Å². The van der Waals surface area contributed by atoms with Crippen LogP contribution in [0.15, 0.2) is 24.3 Å². The zero-order valence-corrected chi connectivity index (χ0v) is 11.2. The highest BCUT2D eigenvalue weighted by Crippen LogP contribution is 2.11. The summed E-state index contributed by atoms with van der Waals surface area (Å²) >= 11 is 5.83. The molecule has 0 aliphatic heterocycles. The third kappa shape index (κ3) is 6.29. The van der Waals surface area contributed by atoms with Crippen molar-refractivity contribution < 1.29 is 9.53 Å². The van der Waals surface area contributed by atoms with Gasteiger partial charge in [0.25, 0.3) is 0 Å². The van der Waals surface area contributed by atoms with Crippen molar-refractivity contribution in [3.63, 3.8) is 0 Å². The smallest absolute Gasteiger partial charge is 0.320 e. The third-order valence-corrected chi connectivity index (χ3v) is 2.29. The van der Waals surface area contributed by atoms with Crippen LogP contribution in [0.3, 0.4) is 0 Å². The summed E-state index contributed by atoms with van der Waals surface area (Å²) in [5, 5.41) is 3.71. The lowest BCUT2D eigenvalue weighted by atomic mass is 10.1. The first-order chi connectivity index (χ1) is 7.87. The molecule has 0 aromatic heterocycles. The monoisotopic (exact) mass is 255 g/mol. The first-order valence-electron chi connectivity index (χ1n) is 5.52. The van der Waals surface area contributed by atoms with Gasteiger partial charge in [0.1, 0.15) is 6.61 Å². The molecule has 1 aromatic carbocycles. The first kappa shape index (κ1) is 14.0. The predicted molar refractivity (Wildman–Crippen MR) is 69.0 cm³/mol. The van der Waals surface area contributed by atoms with Crippen molar-refractivity contribution in [1.29, 1.82) is 0 Å². The van der Waals surface area contributed by atoms with Crippen LogP contribution in [-0.4, -0.2) is 18.1 Å². The number of halogens is 1. The Morgan fingerprint density at radius 3 is 2.71 bits per heavy atom. The van der Waals surface area contributed by atoms with Gasteiger partial charge in [0.2, 0.25) is 0 Å². The van der Waals surface area contributed by atoms with E-state index < -0.39 is 0 Å². The van der Waals surface area contributed by atoms with Gasteiger partial charge < -0.3 is 10.1 Å². The Morgan fingerprint density at radius 1 is 1.41 bits per heavy atom. The van der Waals surface area contributed by atoms with Crippen molar-refractivity contribution in [3.05, 3.63) is 34.9 Å². The molecule has 17 heavy (non-hydrogen) atoms. The fourth-order valence-corrected chi connectivity index (χ4v) is 1.39. The number of ether oxygens (including phenoxy) is 1. The number of carbonyl (C=O) groups excluding carboxylic acids is 1. The van der Waals surface area contributed by atoms with E-state index in [4.69, 9.17) is 16.3 Å². The first-order valence-corrected chi connectivity index (χ1v) is 5.90. The standard InChI is InChI=1S/C13H18ClNO2/c1-13(2,3)15-8-12(16)17-9-10-5-4-6-11(14)7-10/h4-7,15H,8-9H2,1-3H3. The molecule has 0 aliphatic rings. The second kappa shape index (κ2) is 6.03. The molecule has 0 bridgehead atoms. The minimum atomic E-state index is -0.264. The van der Waals surface area contributed by atoms with E-state index >= 15 is 0 Å². The Kier molecular flexibility index (Phi) is 4.97. The van der Waals surface area contributed by atoms with E-state index in [0.717, 1.165) is 5.56 Å². The number of rotatable bonds is 4. The van der Waals surface area contributed by atoms with E-state index in [9.17, 15) is 4.79 Å². The van der Waals surface area contributed by atoms with Gasteiger partial charge in [0.15, 0.2) is 0 Å². The number of benzene rings is 1. The van der Waals surface area contributed by atoms with Gasteiger partial charge in [-0.1, -0.05) is 23.7 Å². The van der Waals surface area contributed by atoms with Crippen molar-refractivity contribution in [2.75, 3.05) is 6.54 Å².